The first-order valence-corrected chi connectivity index (χ1v) is 8.18. The standard InChI is InChI=1S/C18H27NO/c1-13(14-5-3-4-6-14)19-17-9-7-15-8-10-18(20-2)12-16(15)11-17/h8,10,12-14,17,19H,3-7,9,11H2,1-2H3. The molecule has 1 aromatic rings. The van der Waals surface area contributed by atoms with Crippen molar-refractivity contribution in [2.45, 2.75) is 64.0 Å². The van der Waals surface area contributed by atoms with E-state index in [2.05, 4.69) is 30.4 Å². The molecule has 2 atom stereocenters. The summed E-state index contributed by atoms with van der Waals surface area (Å²) in [5.74, 6) is 1.90. The van der Waals surface area contributed by atoms with Crippen molar-refractivity contribution in [3.63, 3.8) is 0 Å². The smallest absolute Gasteiger partial charge is 0.119 e. The molecule has 110 valence electrons. The van der Waals surface area contributed by atoms with Gasteiger partial charge < -0.3 is 10.1 Å². The van der Waals surface area contributed by atoms with Crippen LogP contribution in [0.4, 0.5) is 0 Å². The van der Waals surface area contributed by atoms with Crippen LogP contribution in [-0.4, -0.2) is 19.2 Å². The van der Waals surface area contributed by atoms with Crippen LogP contribution < -0.4 is 10.1 Å². The number of fused-ring (bicyclic) bond motifs is 1. The summed E-state index contributed by atoms with van der Waals surface area (Å²) >= 11 is 0. The molecule has 0 heterocycles. The van der Waals surface area contributed by atoms with E-state index in [1.54, 1.807) is 7.11 Å². The third-order valence-corrected chi connectivity index (χ3v) is 5.25. The van der Waals surface area contributed by atoms with Crippen LogP contribution in [0, 0.1) is 5.92 Å². The summed E-state index contributed by atoms with van der Waals surface area (Å²) in [6.45, 7) is 2.39. The molecule has 2 aliphatic rings. The fourth-order valence-corrected chi connectivity index (χ4v) is 3.97. The number of nitrogens with one attached hydrogen (secondary N) is 1. The highest BCUT2D eigenvalue weighted by Gasteiger charge is 2.25. The zero-order chi connectivity index (χ0) is 13.9. The molecule has 2 heteroatoms. The summed E-state index contributed by atoms with van der Waals surface area (Å²) in [7, 11) is 1.75. The van der Waals surface area contributed by atoms with Gasteiger partial charge in [0.15, 0.2) is 0 Å². The first kappa shape index (κ1) is 13.9. The molecule has 0 saturated heterocycles. The Morgan fingerprint density at radius 1 is 1.15 bits per heavy atom. The predicted octanol–water partition coefficient (Wildman–Crippen LogP) is 3.72. The SMILES string of the molecule is COc1ccc2c(c1)CC(NC(C)C1CCCC1)CC2. The predicted molar refractivity (Wildman–Crippen MR) is 83.4 cm³/mol. The molecule has 0 amide bonds. The Morgan fingerprint density at radius 3 is 2.70 bits per heavy atom. The normalized spacial score (nSPS) is 24.4. The highest BCUT2D eigenvalue weighted by Crippen LogP contribution is 2.30. The van der Waals surface area contributed by atoms with E-state index < -0.39 is 0 Å². The zero-order valence-corrected chi connectivity index (χ0v) is 12.8. The summed E-state index contributed by atoms with van der Waals surface area (Å²) < 4.78 is 5.36. The first-order valence-electron chi connectivity index (χ1n) is 8.18. The number of aryl methyl sites for hydroxylation is 1. The summed E-state index contributed by atoms with van der Waals surface area (Å²) in [6.07, 6.45) is 9.34. The molecule has 0 bridgehead atoms. The van der Waals surface area contributed by atoms with Gasteiger partial charge in [-0.1, -0.05) is 18.9 Å². The van der Waals surface area contributed by atoms with Gasteiger partial charge in [-0.05, 0) is 68.2 Å². The first-order chi connectivity index (χ1) is 9.76. The zero-order valence-electron chi connectivity index (χ0n) is 12.8. The fraction of sp³-hybridized carbons (Fsp3) is 0.667. The second-order valence-electron chi connectivity index (χ2n) is 6.57. The molecule has 1 fully saturated rings. The quantitative estimate of drug-likeness (QED) is 0.902. The van der Waals surface area contributed by atoms with Crippen molar-refractivity contribution in [1.29, 1.82) is 0 Å². The van der Waals surface area contributed by atoms with Crippen LogP contribution in [0.2, 0.25) is 0 Å². The minimum absolute atomic E-state index is 0.644. The Balaban J connectivity index is 1.62. The molecule has 0 aliphatic heterocycles. The van der Waals surface area contributed by atoms with Crippen molar-refractivity contribution >= 4 is 0 Å². The van der Waals surface area contributed by atoms with E-state index >= 15 is 0 Å². The van der Waals surface area contributed by atoms with Crippen molar-refractivity contribution in [2.24, 2.45) is 5.92 Å². The molecule has 0 radical (unpaired) electrons. The van der Waals surface area contributed by atoms with Crippen LogP contribution in [0.15, 0.2) is 18.2 Å². The van der Waals surface area contributed by atoms with E-state index in [4.69, 9.17) is 4.74 Å². The van der Waals surface area contributed by atoms with Gasteiger partial charge in [0.2, 0.25) is 0 Å². The number of methoxy groups -OCH3 is 1. The molecule has 1 saturated carbocycles. The number of rotatable bonds is 4. The number of ether oxygens (including phenoxy) is 1. The Labute approximate surface area is 122 Å². The van der Waals surface area contributed by atoms with Gasteiger partial charge in [-0.25, -0.2) is 0 Å². The van der Waals surface area contributed by atoms with Crippen molar-refractivity contribution in [3.05, 3.63) is 29.3 Å². The summed E-state index contributed by atoms with van der Waals surface area (Å²) in [4.78, 5) is 0. The van der Waals surface area contributed by atoms with Crippen molar-refractivity contribution in [3.8, 4) is 5.75 Å². The lowest BCUT2D eigenvalue weighted by Crippen LogP contribution is -2.43. The maximum absolute atomic E-state index is 5.36. The van der Waals surface area contributed by atoms with Crippen LogP contribution in [0.25, 0.3) is 0 Å². The maximum atomic E-state index is 5.36. The van der Waals surface area contributed by atoms with E-state index in [0.717, 1.165) is 18.1 Å². The van der Waals surface area contributed by atoms with Gasteiger partial charge in [0, 0.05) is 12.1 Å². The van der Waals surface area contributed by atoms with E-state index in [1.165, 1.54) is 49.7 Å². The van der Waals surface area contributed by atoms with Gasteiger partial charge in [-0.2, -0.15) is 0 Å². The average molecular weight is 273 g/mol. The molecule has 1 aromatic carbocycles. The van der Waals surface area contributed by atoms with Crippen molar-refractivity contribution in [1.82, 2.24) is 5.32 Å². The molecule has 2 aliphatic carbocycles. The lowest BCUT2D eigenvalue weighted by molar-refractivity contribution is 0.323. The van der Waals surface area contributed by atoms with Gasteiger partial charge in [-0.15, -0.1) is 0 Å². The van der Waals surface area contributed by atoms with Gasteiger partial charge in [0.1, 0.15) is 5.75 Å². The second kappa shape index (κ2) is 6.17. The molecule has 1 N–H and O–H groups in total. The monoisotopic (exact) mass is 273 g/mol. The Hall–Kier alpha value is -1.02. The van der Waals surface area contributed by atoms with Crippen LogP contribution in [0.3, 0.4) is 0 Å². The van der Waals surface area contributed by atoms with Crippen LogP contribution >= 0.6 is 0 Å². The third-order valence-electron chi connectivity index (χ3n) is 5.25. The van der Waals surface area contributed by atoms with Gasteiger partial charge in [-0.3, -0.25) is 0 Å². The Bertz CT molecular complexity index is 451. The van der Waals surface area contributed by atoms with Crippen LogP contribution in [-0.2, 0) is 12.8 Å². The summed E-state index contributed by atoms with van der Waals surface area (Å²) in [5, 5.41) is 3.90. The van der Waals surface area contributed by atoms with E-state index in [-0.39, 0.29) is 0 Å². The lowest BCUT2D eigenvalue weighted by atomic mass is 9.87. The van der Waals surface area contributed by atoms with E-state index in [0.29, 0.717) is 12.1 Å². The third kappa shape index (κ3) is 3.01. The maximum Gasteiger partial charge on any atom is 0.119 e. The molecule has 20 heavy (non-hydrogen) atoms. The molecule has 3 rings (SSSR count). The van der Waals surface area contributed by atoms with E-state index in [1.807, 2.05) is 0 Å². The largest absolute Gasteiger partial charge is 0.497 e. The molecule has 0 spiro atoms. The summed E-state index contributed by atoms with van der Waals surface area (Å²) in [5.41, 5.74) is 2.99. The fourth-order valence-electron chi connectivity index (χ4n) is 3.97. The van der Waals surface area contributed by atoms with Gasteiger partial charge in [0.05, 0.1) is 7.11 Å². The molecule has 2 nitrogen and oxygen atoms in total. The highest BCUT2D eigenvalue weighted by atomic mass is 16.5. The number of hydrogen-bond donors (Lipinski definition) is 1. The molecule has 0 aromatic heterocycles. The van der Waals surface area contributed by atoms with Crippen LogP contribution in [0.1, 0.15) is 50.2 Å². The van der Waals surface area contributed by atoms with Crippen molar-refractivity contribution < 1.29 is 4.74 Å². The lowest BCUT2D eigenvalue weighted by Gasteiger charge is -2.31. The highest BCUT2D eigenvalue weighted by molar-refractivity contribution is 5.37. The minimum Gasteiger partial charge on any atom is -0.497 e. The Kier molecular flexibility index (Phi) is 4.30. The Morgan fingerprint density at radius 2 is 1.95 bits per heavy atom. The molecular weight excluding hydrogens is 246 g/mol. The van der Waals surface area contributed by atoms with Gasteiger partial charge >= 0.3 is 0 Å². The van der Waals surface area contributed by atoms with E-state index in [9.17, 15) is 0 Å². The topological polar surface area (TPSA) is 21.3 Å². The number of hydrogen-bond acceptors (Lipinski definition) is 2. The molecular formula is C18H27NO. The van der Waals surface area contributed by atoms with Gasteiger partial charge in [0.25, 0.3) is 0 Å². The minimum atomic E-state index is 0.644. The van der Waals surface area contributed by atoms with Crippen molar-refractivity contribution in [2.75, 3.05) is 7.11 Å². The second-order valence-corrected chi connectivity index (χ2v) is 6.57. The summed E-state index contributed by atoms with van der Waals surface area (Å²) in [6, 6.07) is 7.88. The van der Waals surface area contributed by atoms with Crippen LogP contribution in [0.5, 0.6) is 5.75 Å². The number of benzene rings is 1. The average Bonchev–Trinajstić information content (AvgIpc) is 3.00. The molecule has 2 unspecified atom stereocenters.